The van der Waals surface area contributed by atoms with Crippen LogP contribution in [0.1, 0.15) is 15.9 Å². The molecule has 3 nitrogen and oxygen atoms in total. The van der Waals surface area contributed by atoms with Crippen LogP contribution in [0.4, 0.5) is 18.9 Å². The van der Waals surface area contributed by atoms with Crippen molar-refractivity contribution < 1.29 is 18.0 Å². The summed E-state index contributed by atoms with van der Waals surface area (Å²) in [5, 5.41) is 2.46. The van der Waals surface area contributed by atoms with Crippen LogP contribution in [-0.2, 0) is 6.54 Å². The van der Waals surface area contributed by atoms with E-state index in [1.54, 1.807) is 24.3 Å². The molecular formula is C14H10BrF3N2O. The van der Waals surface area contributed by atoms with Crippen molar-refractivity contribution >= 4 is 27.5 Å². The standard InChI is InChI=1S/C14H10BrF3N2O/c15-8-3-1-7(2-4-8)6-20-14(21)9-5-10(16)11(17)12(18)13(9)19/h1-5H,6,19H2,(H,20,21). The Morgan fingerprint density at radius 2 is 1.76 bits per heavy atom. The number of anilines is 1. The van der Waals surface area contributed by atoms with Crippen LogP contribution in [0.2, 0.25) is 0 Å². The maximum Gasteiger partial charge on any atom is 0.253 e. The van der Waals surface area contributed by atoms with Gasteiger partial charge in [0.2, 0.25) is 0 Å². The van der Waals surface area contributed by atoms with E-state index in [9.17, 15) is 18.0 Å². The van der Waals surface area contributed by atoms with Crippen molar-refractivity contribution in [3.63, 3.8) is 0 Å². The highest BCUT2D eigenvalue weighted by molar-refractivity contribution is 9.10. The highest BCUT2D eigenvalue weighted by Gasteiger charge is 2.20. The number of nitrogens with one attached hydrogen (secondary N) is 1. The Bertz CT molecular complexity index is 690. The predicted octanol–water partition coefficient (Wildman–Crippen LogP) is 3.38. The third kappa shape index (κ3) is 3.36. The van der Waals surface area contributed by atoms with Crippen molar-refractivity contribution in [3.05, 3.63) is 63.4 Å². The third-order valence-electron chi connectivity index (χ3n) is 2.81. The number of amides is 1. The fraction of sp³-hybridized carbons (Fsp3) is 0.0714. The second-order valence-corrected chi connectivity index (χ2v) is 5.17. The molecule has 3 N–H and O–H groups in total. The van der Waals surface area contributed by atoms with E-state index in [1.807, 2.05) is 0 Å². The zero-order chi connectivity index (χ0) is 15.6. The molecule has 1 amide bonds. The summed E-state index contributed by atoms with van der Waals surface area (Å²) in [6, 6.07) is 7.67. The number of nitrogens with two attached hydrogens (primary N) is 1. The van der Waals surface area contributed by atoms with Crippen LogP contribution in [0.25, 0.3) is 0 Å². The summed E-state index contributed by atoms with van der Waals surface area (Å²) in [5.41, 5.74) is 4.92. The summed E-state index contributed by atoms with van der Waals surface area (Å²) >= 11 is 3.27. The van der Waals surface area contributed by atoms with Crippen LogP contribution < -0.4 is 11.1 Å². The lowest BCUT2D eigenvalue weighted by atomic mass is 10.1. The Morgan fingerprint density at radius 3 is 2.38 bits per heavy atom. The van der Waals surface area contributed by atoms with E-state index >= 15 is 0 Å². The molecule has 0 aliphatic heterocycles. The van der Waals surface area contributed by atoms with Gasteiger partial charge in [-0.15, -0.1) is 0 Å². The van der Waals surface area contributed by atoms with Gasteiger partial charge in [-0.3, -0.25) is 4.79 Å². The molecule has 0 aromatic heterocycles. The zero-order valence-corrected chi connectivity index (χ0v) is 12.2. The maximum absolute atomic E-state index is 13.3. The lowest BCUT2D eigenvalue weighted by Gasteiger charge is -2.09. The van der Waals surface area contributed by atoms with Crippen LogP contribution in [0.15, 0.2) is 34.8 Å². The summed E-state index contributed by atoms with van der Waals surface area (Å²) in [4.78, 5) is 11.9. The molecule has 0 fully saturated rings. The number of nitrogen functional groups attached to an aromatic ring is 1. The van der Waals surface area contributed by atoms with Gasteiger partial charge in [0.15, 0.2) is 17.5 Å². The zero-order valence-electron chi connectivity index (χ0n) is 10.6. The topological polar surface area (TPSA) is 55.1 Å². The molecule has 0 spiro atoms. The SMILES string of the molecule is Nc1c(C(=O)NCc2ccc(Br)cc2)cc(F)c(F)c1F. The normalized spacial score (nSPS) is 10.5. The Hall–Kier alpha value is -2.02. The van der Waals surface area contributed by atoms with E-state index in [1.165, 1.54) is 0 Å². The molecule has 0 aliphatic rings. The smallest absolute Gasteiger partial charge is 0.253 e. The first-order chi connectivity index (χ1) is 9.90. The summed E-state index contributed by atoms with van der Waals surface area (Å²) in [7, 11) is 0. The molecule has 7 heteroatoms. The van der Waals surface area contributed by atoms with Gasteiger partial charge >= 0.3 is 0 Å². The average Bonchev–Trinajstić information content (AvgIpc) is 2.48. The Kier molecular flexibility index (Phi) is 4.52. The van der Waals surface area contributed by atoms with Gasteiger partial charge in [0.25, 0.3) is 5.91 Å². The van der Waals surface area contributed by atoms with Crippen molar-refractivity contribution in [1.29, 1.82) is 0 Å². The molecule has 0 unspecified atom stereocenters. The van der Waals surface area contributed by atoms with Gasteiger partial charge < -0.3 is 11.1 Å². The van der Waals surface area contributed by atoms with Crippen molar-refractivity contribution in [2.45, 2.75) is 6.54 Å². The fourth-order valence-corrected chi connectivity index (χ4v) is 1.94. The lowest BCUT2D eigenvalue weighted by molar-refractivity contribution is 0.0950. The van der Waals surface area contributed by atoms with Crippen molar-refractivity contribution in [3.8, 4) is 0 Å². The van der Waals surface area contributed by atoms with Crippen LogP contribution >= 0.6 is 15.9 Å². The molecule has 0 bridgehead atoms. The molecule has 110 valence electrons. The van der Waals surface area contributed by atoms with Crippen LogP contribution in [0.5, 0.6) is 0 Å². The largest absolute Gasteiger partial charge is 0.396 e. The molecule has 0 radical (unpaired) electrons. The van der Waals surface area contributed by atoms with E-state index in [0.717, 1.165) is 10.0 Å². The quantitative estimate of drug-likeness (QED) is 0.652. The number of halogens is 4. The third-order valence-corrected chi connectivity index (χ3v) is 3.34. The van der Waals surface area contributed by atoms with Gasteiger partial charge in [-0.25, -0.2) is 13.2 Å². The average molecular weight is 359 g/mol. The molecule has 21 heavy (non-hydrogen) atoms. The molecule has 2 aromatic rings. The van der Waals surface area contributed by atoms with E-state index in [-0.39, 0.29) is 6.54 Å². The van der Waals surface area contributed by atoms with Gasteiger partial charge in [-0.1, -0.05) is 28.1 Å². The molecule has 0 aliphatic carbocycles. The van der Waals surface area contributed by atoms with Crippen LogP contribution in [0, 0.1) is 17.5 Å². The summed E-state index contributed by atoms with van der Waals surface area (Å²) in [6.07, 6.45) is 0. The molecule has 0 atom stereocenters. The Labute approximate surface area is 127 Å². The predicted molar refractivity (Wildman–Crippen MR) is 76.0 cm³/mol. The lowest BCUT2D eigenvalue weighted by Crippen LogP contribution is -2.24. The van der Waals surface area contributed by atoms with E-state index in [2.05, 4.69) is 21.2 Å². The van der Waals surface area contributed by atoms with Gasteiger partial charge in [0.1, 0.15) is 0 Å². The minimum absolute atomic E-state index is 0.145. The number of benzene rings is 2. The minimum atomic E-state index is -1.70. The van der Waals surface area contributed by atoms with E-state index in [0.29, 0.717) is 6.07 Å². The summed E-state index contributed by atoms with van der Waals surface area (Å²) in [6.45, 7) is 0.145. The van der Waals surface area contributed by atoms with Gasteiger partial charge in [0, 0.05) is 11.0 Å². The summed E-state index contributed by atoms with van der Waals surface area (Å²) < 4.78 is 40.3. The highest BCUT2D eigenvalue weighted by atomic mass is 79.9. The Balaban J connectivity index is 2.16. The van der Waals surface area contributed by atoms with Gasteiger partial charge in [-0.2, -0.15) is 0 Å². The number of rotatable bonds is 3. The first-order valence-electron chi connectivity index (χ1n) is 5.85. The molecule has 2 aromatic carbocycles. The Morgan fingerprint density at radius 1 is 1.14 bits per heavy atom. The van der Waals surface area contributed by atoms with Crippen molar-refractivity contribution in [2.75, 3.05) is 5.73 Å². The van der Waals surface area contributed by atoms with Gasteiger partial charge in [0.05, 0.1) is 11.3 Å². The second kappa shape index (κ2) is 6.17. The molecule has 2 rings (SSSR count). The first kappa shape index (κ1) is 15.4. The summed E-state index contributed by atoms with van der Waals surface area (Å²) in [5.74, 6) is -5.51. The number of hydrogen-bond acceptors (Lipinski definition) is 2. The second-order valence-electron chi connectivity index (χ2n) is 4.26. The van der Waals surface area contributed by atoms with Crippen LogP contribution in [-0.4, -0.2) is 5.91 Å². The molecule has 0 heterocycles. The van der Waals surface area contributed by atoms with Crippen molar-refractivity contribution in [1.82, 2.24) is 5.32 Å². The molecular weight excluding hydrogens is 349 g/mol. The van der Waals surface area contributed by atoms with E-state index < -0.39 is 34.6 Å². The number of hydrogen-bond donors (Lipinski definition) is 2. The first-order valence-corrected chi connectivity index (χ1v) is 6.65. The van der Waals surface area contributed by atoms with Gasteiger partial charge in [-0.05, 0) is 23.8 Å². The van der Waals surface area contributed by atoms with E-state index in [4.69, 9.17) is 5.73 Å². The number of carbonyl (C=O) groups excluding carboxylic acids is 1. The highest BCUT2D eigenvalue weighted by Crippen LogP contribution is 2.22. The number of carbonyl (C=O) groups is 1. The monoisotopic (exact) mass is 358 g/mol. The maximum atomic E-state index is 13.3. The van der Waals surface area contributed by atoms with Crippen LogP contribution in [0.3, 0.4) is 0 Å². The van der Waals surface area contributed by atoms with Crippen molar-refractivity contribution in [2.24, 2.45) is 0 Å². The minimum Gasteiger partial charge on any atom is -0.396 e. The molecule has 0 saturated carbocycles. The fourth-order valence-electron chi connectivity index (χ4n) is 1.68. The molecule has 0 saturated heterocycles.